The second kappa shape index (κ2) is 4.62. The van der Waals surface area contributed by atoms with E-state index in [-0.39, 0.29) is 0 Å². The van der Waals surface area contributed by atoms with Gasteiger partial charge in [0.15, 0.2) is 0 Å². The normalized spacial score (nSPS) is 24.4. The van der Waals surface area contributed by atoms with E-state index in [1.807, 2.05) is 6.92 Å². The molecule has 0 aliphatic carbocycles. The van der Waals surface area contributed by atoms with Gasteiger partial charge in [-0.15, -0.1) is 0 Å². The minimum atomic E-state index is 0.486. The van der Waals surface area contributed by atoms with Crippen molar-refractivity contribution in [3.05, 3.63) is 29.6 Å². The van der Waals surface area contributed by atoms with E-state index in [0.717, 1.165) is 30.9 Å². The van der Waals surface area contributed by atoms with Gasteiger partial charge in [0.1, 0.15) is 5.82 Å². The lowest BCUT2D eigenvalue weighted by molar-refractivity contribution is 0.314. The molecule has 0 saturated carbocycles. The first kappa shape index (κ1) is 12.6. The summed E-state index contributed by atoms with van der Waals surface area (Å²) >= 11 is 0. The zero-order chi connectivity index (χ0) is 13.6. The molecule has 2 unspecified atom stereocenters. The molecule has 2 N–H and O–H groups in total. The van der Waals surface area contributed by atoms with Crippen LogP contribution in [0.2, 0.25) is 0 Å². The van der Waals surface area contributed by atoms with Gasteiger partial charge in [0.05, 0.1) is 11.0 Å². The summed E-state index contributed by atoms with van der Waals surface area (Å²) < 4.78 is 2.14. The Hall–Kier alpha value is -1.39. The predicted octanol–water partition coefficient (Wildman–Crippen LogP) is 1.83. The van der Waals surface area contributed by atoms with E-state index in [2.05, 4.69) is 46.7 Å². The van der Waals surface area contributed by atoms with E-state index < -0.39 is 0 Å². The number of rotatable bonds is 2. The van der Waals surface area contributed by atoms with Crippen LogP contribution in [0.3, 0.4) is 0 Å². The number of aromatic nitrogens is 2. The molecule has 1 aliphatic heterocycles. The Bertz CT molecular complexity index is 601. The lowest BCUT2D eigenvalue weighted by Gasteiger charge is -2.19. The first-order chi connectivity index (χ1) is 9.10. The number of fused-ring (bicyclic) bond motifs is 1. The summed E-state index contributed by atoms with van der Waals surface area (Å²) in [6.07, 6.45) is 1.16. The summed E-state index contributed by atoms with van der Waals surface area (Å²) in [6, 6.07) is 7.15. The number of hydrogen-bond donors (Lipinski definition) is 1. The van der Waals surface area contributed by atoms with Gasteiger partial charge in [-0.2, -0.15) is 0 Å². The van der Waals surface area contributed by atoms with E-state index >= 15 is 0 Å². The van der Waals surface area contributed by atoms with Crippen molar-refractivity contribution in [2.45, 2.75) is 19.4 Å². The lowest BCUT2D eigenvalue weighted by atomic mass is 9.99. The quantitative estimate of drug-likeness (QED) is 0.894. The highest BCUT2D eigenvalue weighted by atomic mass is 15.2. The molecule has 0 amide bonds. The van der Waals surface area contributed by atoms with E-state index in [1.54, 1.807) is 0 Å². The van der Waals surface area contributed by atoms with Gasteiger partial charge in [0, 0.05) is 19.6 Å². The van der Waals surface area contributed by atoms with Crippen molar-refractivity contribution in [1.29, 1.82) is 0 Å². The maximum Gasteiger partial charge on any atom is 0.106 e. The molecule has 1 aliphatic rings. The second-order valence-electron chi connectivity index (χ2n) is 5.76. The molecule has 4 nitrogen and oxygen atoms in total. The number of aryl methyl sites for hydroxylation is 2. The standard InChI is InChI=1S/C15H22N4/c1-10-17-13-7-12(4-5-14(13)19(10)3)15-6-11(8-16)9-18(15)2/h4-5,7,11,15H,6,8-9,16H2,1-3H3. The number of imidazole rings is 1. The van der Waals surface area contributed by atoms with Crippen LogP contribution in [-0.2, 0) is 7.05 Å². The van der Waals surface area contributed by atoms with Gasteiger partial charge >= 0.3 is 0 Å². The zero-order valence-corrected chi connectivity index (χ0v) is 11.9. The zero-order valence-electron chi connectivity index (χ0n) is 11.9. The smallest absolute Gasteiger partial charge is 0.106 e. The molecule has 19 heavy (non-hydrogen) atoms. The fourth-order valence-corrected chi connectivity index (χ4v) is 3.21. The van der Waals surface area contributed by atoms with Crippen LogP contribution in [0, 0.1) is 12.8 Å². The van der Waals surface area contributed by atoms with E-state index in [9.17, 15) is 0 Å². The summed E-state index contributed by atoms with van der Waals surface area (Å²) in [7, 11) is 4.25. The Labute approximate surface area is 114 Å². The Balaban J connectivity index is 1.97. The van der Waals surface area contributed by atoms with Crippen molar-refractivity contribution in [2.24, 2.45) is 18.7 Å². The van der Waals surface area contributed by atoms with Crippen molar-refractivity contribution in [3.63, 3.8) is 0 Å². The van der Waals surface area contributed by atoms with E-state index in [0.29, 0.717) is 12.0 Å². The molecular weight excluding hydrogens is 236 g/mol. The summed E-state index contributed by atoms with van der Waals surface area (Å²) in [4.78, 5) is 7.04. The third kappa shape index (κ3) is 2.05. The summed E-state index contributed by atoms with van der Waals surface area (Å²) in [5, 5.41) is 0. The van der Waals surface area contributed by atoms with Crippen molar-refractivity contribution in [1.82, 2.24) is 14.5 Å². The maximum absolute atomic E-state index is 5.81. The molecular formula is C15H22N4. The van der Waals surface area contributed by atoms with Crippen molar-refractivity contribution >= 4 is 11.0 Å². The molecule has 0 radical (unpaired) electrons. The van der Waals surface area contributed by atoms with Crippen LogP contribution in [0.4, 0.5) is 0 Å². The van der Waals surface area contributed by atoms with E-state index in [4.69, 9.17) is 5.73 Å². The minimum absolute atomic E-state index is 0.486. The highest BCUT2D eigenvalue weighted by molar-refractivity contribution is 5.77. The Kier molecular flexibility index (Phi) is 3.07. The van der Waals surface area contributed by atoms with Gasteiger partial charge in [-0.1, -0.05) is 6.07 Å². The lowest BCUT2D eigenvalue weighted by Crippen LogP contribution is -2.20. The molecule has 3 rings (SSSR count). The number of likely N-dealkylation sites (tertiary alicyclic amines) is 1. The fraction of sp³-hybridized carbons (Fsp3) is 0.533. The Morgan fingerprint density at radius 3 is 2.84 bits per heavy atom. The van der Waals surface area contributed by atoms with Crippen LogP contribution in [0.1, 0.15) is 23.9 Å². The van der Waals surface area contributed by atoms with Gasteiger partial charge in [-0.3, -0.25) is 4.90 Å². The van der Waals surface area contributed by atoms with Gasteiger partial charge in [0.25, 0.3) is 0 Å². The van der Waals surface area contributed by atoms with Gasteiger partial charge < -0.3 is 10.3 Å². The molecule has 1 aromatic carbocycles. The van der Waals surface area contributed by atoms with Crippen molar-refractivity contribution in [2.75, 3.05) is 20.1 Å². The van der Waals surface area contributed by atoms with E-state index in [1.165, 1.54) is 11.1 Å². The van der Waals surface area contributed by atoms with Crippen LogP contribution in [0.25, 0.3) is 11.0 Å². The molecule has 102 valence electrons. The highest BCUT2D eigenvalue weighted by Crippen LogP contribution is 2.34. The first-order valence-electron chi connectivity index (χ1n) is 6.93. The third-order valence-electron chi connectivity index (χ3n) is 4.48. The Morgan fingerprint density at radius 1 is 1.37 bits per heavy atom. The van der Waals surface area contributed by atoms with Crippen LogP contribution in [0.15, 0.2) is 18.2 Å². The molecule has 1 saturated heterocycles. The third-order valence-corrected chi connectivity index (χ3v) is 4.48. The first-order valence-corrected chi connectivity index (χ1v) is 6.93. The molecule has 2 heterocycles. The molecule has 2 atom stereocenters. The molecule has 0 spiro atoms. The molecule has 1 aromatic heterocycles. The van der Waals surface area contributed by atoms with Crippen LogP contribution >= 0.6 is 0 Å². The Morgan fingerprint density at radius 2 is 2.16 bits per heavy atom. The van der Waals surface area contributed by atoms with Gasteiger partial charge in [0.2, 0.25) is 0 Å². The van der Waals surface area contributed by atoms with Crippen LogP contribution in [-0.4, -0.2) is 34.6 Å². The predicted molar refractivity (Wildman–Crippen MR) is 78.0 cm³/mol. The number of hydrogen-bond acceptors (Lipinski definition) is 3. The van der Waals surface area contributed by atoms with Crippen molar-refractivity contribution in [3.8, 4) is 0 Å². The van der Waals surface area contributed by atoms with Crippen molar-refractivity contribution < 1.29 is 0 Å². The minimum Gasteiger partial charge on any atom is -0.331 e. The number of nitrogens with two attached hydrogens (primary N) is 1. The average Bonchev–Trinajstić information content (AvgIpc) is 2.91. The van der Waals surface area contributed by atoms with Gasteiger partial charge in [-0.25, -0.2) is 4.98 Å². The summed E-state index contributed by atoms with van der Waals surface area (Å²) in [5.41, 5.74) is 9.48. The molecule has 4 heteroatoms. The highest BCUT2D eigenvalue weighted by Gasteiger charge is 2.29. The summed E-state index contributed by atoms with van der Waals surface area (Å²) in [5.74, 6) is 1.68. The molecule has 2 aromatic rings. The van der Waals surface area contributed by atoms with Crippen LogP contribution < -0.4 is 5.73 Å². The monoisotopic (exact) mass is 258 g/mol. The summed E-state index contributed by atoms with van der Waals surface area (Å²) in [6.45, 7) is 3.93. The fourth-order valence-electron chi connectivity index (χ4n) is 3.21. The second-order valence-corrected chi connectivity index (χ2v) is 5.76. The maximum atomic E-state index is 5.81. The van der Waals surface area contributed by atoms with Gasteiger partial charge in [-0.05, 0) is 50.6 Å². The molecule has 1 fully saturated rings. The average molecular weight is 258 g/mol. The SMILES string of the molecule is Cc1nc2cc(C3CC(CN)CN3C)ccc2n1C. The van der Waals surface area contributed by atoms with Crippen LogP contribution in [0.5, 0.6) is 0 Å². The number of nitrogens with zero attached hydrogens (tertiary/aromatic N) is 3. The number of benzene rings is 1. The topological polar surface area (TPSA) is 47.1 Å². The largest absolute Gasteiger partial charge is 0.331 e. The molecule has 0 bridgehead atoms.